The molecule has 0 aliphatic carbocycles. The van der Waals surface area contributed by atoms with Crippen LogP contribution in [0, 0.1) is 5.92 Å². The Morgan fingerprint density at radius 2 is 2.33 bits per heavy atom. The van der Waals surface area contributed by atoms with E-state index in [9.17, 15) is 8.42 Å². The van der Waals surface area contributed by atoms with Crippen molar-refractivity contribution < 1.29 is 13.5 Å². The van der Waals surface area contributed by atoms with E-state index in [1.165, 1.54) is 21.4 Å². The molecule has 1 atom stereocenters. The Morgan fingerprint density at radius 1 is 1.56 bits per heavy atom. The highest BCUT2D eigenvalue weighted by Crippen LogP contribution is 2.25. The standard InChI is InChI=1S/C11H19N3O3S/c1-2-10-3-4-14(8-10)18(16,17)11-7-12-13(9-11)5-6-15/h7,9-10,15H,2-6,8H2,1H3. The molecular formula is C11H19N3O3S. The molecule has 6 nitrogen and oxygen atoms in total. The van der Waals surface area contributed by atoms with E-state index in [-0.39, 0.29) is 11.5 Å². The second kappa shape index (κ2) is 5.38. The van der Waals surface area contributed by atoms with E-state index in [4.69, 9.17) is 5.11 Å². The average Bonchev–Trinajstić information content (AvgIpc) is 2.98. The number of aromatic nitrogens is 2. The molecular weight excluding hydrogens is 254 g/mol. The predicted molar refractivity (Wildman–Crippen MR) is 66.5 cm³/mol. The van der Waals surface area contributed by atoms with E-state index < -0.39 is 10.0 Å². The van der Waals surface area contributed by atoms with Crippen LogP contribution in [-0.4, -0.2) is 47.3 Å². The van der Waals surface area contributed by atoms with Crippen LogP contribution in [0.3, 0.4) is 0 Å². The zero-order chi connectivity index (χ0) is 13.2. The Balaban J connectivity index is 2.15. The van der Waals surface area contributed by atoms with Gasteiger partial charge in [-0.3, -0.25) is 4.68 Å². The van der Waals surface area contributed by atoms with E-state index in [0.717, 1.165) is 12.8 Å². The normalized spacial score (nSPS) is 21.6. The highest BCUT2D eigenvalue weighted by atomic mass is 32.2. The summed E-state index contributed by atoms with van der Waals surface area (Å²) in [5.41, 5.74) is 0. The minimum atomic E-state index is -3.41. The molecule has 7 heteroatoms. The molecule has 1 aromatic heterocycles. The molecule has 1 saturated heterocycles. The van der Waals surface area contributed by atoms with Crippen molar-refractivity contribution in [2.24, 2.45) is 5.92 Å². The molecule has 2 rings (SSSR count). The van der Waals surface area contributed by atoms with Crippen LogP contribution in [0.4, 0.5) is 0 Å². The zero-order valence-corrected chi connectivity index (χ0v) is 11.3. The summed E-state index contributed by atoms with van der Waals surface area (Å²) in [6.07, 6.45) is 4.77. The third-order valence-electron chi connectivity index (χ3n) is 3.40. The van der Waals surface area contributed by atoms with Gasteiger partial charge in [0.2, 0.25) is 10.0 Å². The lowest BCUT2D eigenvalue weighted by Crippen LogP contribution is -2.28. The van der Waals surface area contributed by atoms with E-state index >= 15 is 0 Å². The summed E-state index contributed by atoms with van der Waals surface area (Å²) in [5, 5.41) is 12.7. The summed E-state index contributed by atoms with van der Waals surface area (Å²) in [5.74, 6) is 0.465. The average molecular weight is 273 g/mol. The van der Waals surface area contributed by atoms with Gasteiger partial charge in [0.25, 0.3) is 0 Å². The first-order chi connectivity index (χ1) is 8.57. The van der Waals surface area contributed by atoms with Crippen molar-refractivity contribution in [1.29, 1.82) is 0 Å². The van der Waals surface area contributed by atoms with Crippen LogP contribution >= 0.6 is 0 Å². The van der Waals surface area contributed by atoms with Gasteiger partial charge < -0.3 is 5.11 Å². The van der Waals surface area contributed by atoms with Gasteiger partial charge in [-0.2, -0.15) is 9.40 Å². The van der Waals surface area contributed by atoms with Crippen molar-refractivity contribution in [2.45, 2.75) is 31.2 Å². The van der Waals surface area contributed by atoms with Crippen LogP contribution in [0.5, 0.6) is 0 Å². The monoisotopic (exact) mass is 273 g/mol. The van der Waals surface area contributed by atoms with Crippen molar-refractivity contribution in [3.8, 4) is 0 Å². The van der Waals surface area contributed by atoms with Gasteiger partial charge in [0.15, 0.2) is 0 Å². The van der Waals surface area contributed by atoms with Crippen molar-refractivity contribution in [2.75, 3.05) is 19.7 Å². The van der Waals surface area contributed by atoms with Crippen LogP contribution in [0.1, 0.15) is 19.8 Å². The van der Waals surface area contributed by atoms with Crippen LogP contribution in [0.15, 0.2) is 17.3 Å². The number of aliphatic hydroxyl groups is 1. The fourth-order valence-corrected chi connectivity index (χ4v) is 3.69. The largest absolute Gasteiger partial charge is 0.394 e. The molecule has 2 heterocycles. The minimum absolute atomic E-state index is 0.0528. The number of rotatable bonds is 5. The van der Waals surface area contributed by atoms with Crippen molar-refractivity contribution in [3.05, 3.63) is 12.4 Å². The quantitative estimate of drug-likeness (QED) is 0.837. The van der Waals surface area contributed by atoms with Gasteiger partial charge in [-0.05, 0) is 12.3 Å². The number of hydrogen-bond donors (Lipinski definition) is 1. The van der Waals surface area contributed by atoms with Crippen molar-refractivity contribution >= 4 is 10.0 Å². The summed E-state index contributed by atoms with van der Waals surface area (Å²) < 4.78 is 27.6. The summed E-state index contributed by atoms with van der Waals surface area (Å²) in [4.78, 5) is 0.215. The number of sulfonamides is 1. The first-order valence-corrected chi connectivity index (χ1v) is 7.65. The molecule has 1 fully saturated rings. The maximum absolute atomic E-state index is 12.3. The van der Waals surface area contributed by atoms with Crippen LogP contribution in [-0.2, 0) is 16.6 Å². The fourth-order valence-electron chi connectivity index (χ4n) is 2.20. The van der Waals surface area contributed by atoms with Gasteiger partial charge in [-0.25, -0.2) is 8.42 Å². The lowest BCUT2D eigenvalue weighted by molar-refractivity contribution is 0.269. The number of nitrogens with zero attached hydrogens (tertiary/aromatic N) is 3. The predicted octanol–water partition coefficient (Wildman–Crippen LogP) is 0.296. The first kappa shape index (κ1) is 13.5. The Hall–Kier alpha value is -0.920. The maximum Gasteiger partial charge on any atom is 0.246 e. The highest BCUT2D eigenvalue weighted by molar-refractivity contribution is 7.89. The molecule has 1 aliphatic heterocycles. The van der Waals surface area contributed by atoms with Gasteiger partial charge in [0, 0.05) is 19.3 Å². The molecule has 0 spiro atoms. The molecule has 0 saturated carbocycles. The Kier molecular flexibility index (Phi) is 4.04. The van der Waals surface area contributed by atoms with E-state index in [0.29, 0.717) is 25.6 Å². The summed E-state index contributed by atoms with van der Waals surface area (Å²) >= 11 is 0. The Morgan fingerprint density at radius 3 is 2.94 bits per heavy atom. The summed E-state index contributed by atoms with van der Waals surface area (Å²) in [6, 6.07) is 0. The zero-order valence-electron chi connectivity index (χ0n) is 10.5. The smallest absolute Gasteiger partial charge is 0.246 e. The van der Waals surface area contributed by atoms with Gasteiger partial charge in [-0.15, -0.1) is 0 Å². The third kappa shape index (κ3) is 2.57. The summed E-state index contributed by atoms with van der Waals surface area (Å²) in [6.45, 7) is 3.53. The lowest BCUT2D eigenvalue weighted by Gasteiger charge is -2.14. The van der Waals surface area contributed by atoms with Crippen LogP contribution < -0.4 is 0 Å². The van der Waals surface area contributed by atoms with Gasteiger partial charge in [0.1, 0.15) is 4.90 Å². The topological polar surface area (TPSA) is 75.4 Å². The molecule has 1 aromatic rings. The molecule has 1 unspecified atom stereocenters. The summed E-state index contributed by atoms with van der Waals surface area (Å²) in [7, 11) is -3.41. The second-order valence-electron chi connectivity index (χ2n) is 4.59. The molecule has 0 radical (unpaired) electrons. The molecule has 1 aliphatic rings. The van der Waals surface area contributed by atoms with Gasteiger partial charge in [0.05, 0.1) is 19.3 Å². The first-order valence-electron chi connectivity index (χ1n) is 6.21. The van der Waals surface area contributed by atoms with Gasteiger partial charge >= 0.3 is 0 Å². The molecule has 18 heavy (non-hydrogen) atoms. The molecule has 0 aromatic carbocycles. The third-order valence-corrected chi connectivity index (χ3v) is 5.22. The van der Waals surface area contributed by atoms with Crippen LogP contribution in [0.25, 0.3) is 0 Å². The van der Waals surface area contributed by atoms with Crippen LogP contribution in [0.2, 0.25) is 0 Å². The molecule has 102 valence electrons. The second-order valence-corrected chi connectivity index (χ2v) is 6.53. The Labute approximate surface area is 107 Å². The minimum Gasteiger partial charge on any atom is -0.394 e. The van der Waals surface area contributed by atoms with Crippen molar-refractivity contribution in [3.63, 3.8) is 0 Å². The number of hydrogen-bond acceptors (Lipinski definition) is 4. The maximum atomic E-state index is 12.3. The van der Waals surface area contributed by atoms with Gasteiger partial charge in [-0.1, -0.05) is 13.3 Å². The van der Waals surface area contributed by atoms with Crippen molar-refractivity contribution in [1.82, 2.24) is 14.1 Å². The lowest BCUT2D eigenvalue weighted by atomic mass is 10.1. The molecule has 0 amide bonds. The van der Waals surface area contributed by atoms with E-state index in [2.05, 4.69) is 12.0 Å². The van der Waals surface area contributed by atoms with E-state index in [1.54, 1.807) is 0 Å². The Bertz CT molecular complexity index is 497. The highest BCUT2D eigenvalue weighted by Gasteiger charge is 2.32. The fraction of sp³-hybridized carbons (Fsp3) is 0.727. The number of aliphatic hydroxyl groups excluding tert-OH is 1. The molecule has 1 N–H and O–H groups in total. The molecule has 0 bridgehead atoms. The van der Waals surface area contributed by atoms with E-state index in [1.807, 2.05) is 0 Å². The SMILES string of the molecule is CCC1CCN(S(=O)(=O)c2cnn(CCO)c2)C1.